The average molecular weight is 716 g/mol. The molecule has 6 nitrogen and oxygen atoms in total. The standard InChI is InChI=1S/C24H16Br4N2O4/c25-15-9-13-17(11-3-1-2-4-12(11)24(33)30-7-5-29-6-8-30)14-10-16(26)21(32)19(28)23(14)34-22(13)18(27)20(15)31/h1-4,9-10,29,31H,5-8H2. The number of rotatable bonds is 2. The summed E-state index contributed by atoms with van der Waals surface area (Å²) < 4.78 is 7.58. The van der Waals surface area contributed by atoms with E-state index in [0.29, 0.717) is 59.9 Å². The quantitative estimate of drug-likeness (QED) is 0.236. The number of carbonyl (C=O) groups excluding carboxylic acids is 1. The molecule has 1 aliphatic carbocycles. The molecule has 1 saturated heterocycles. The van der Waals surface area contributed by atoms with Crippen molar-refractivity contribution < 1.29 is 14.3 Å². The van der Waals surface area contributed by atoms with Crippen LogP contribution in [0.3, 0.4) is 0 Å². The van der Waals surface area contributed by atoms with Crippen LogP contribution < -0.4 is 10.7 Å². The van der Waals surface area contributed by atoms with E-state index >= 15 is 0 Å². The highest BCUT2D eigenvalue weighted by molar-refractivity contribution is 9.11. The van der Waals surface area contributed by atoms with Crippen LogP contribution in [0, 0.1) is 0 Å². The van der Waals surface area contributed by atoms with Gasteiger partial charge in [-0.3, -0.25) is 9.59 Å². The highest BCUT2D eigenvalue weighted by Crippen LogP contribution is 2.49. The van der Waals surface area contributed by atoms with Gasteiger partial charge in [-0.1, -0.05) is 18.2 Å². The Kier molecular flexibility index (Phi) is 6.62. The van der Waals surface area contributed by atoms with Crippen molar-refractivity contribution in [2.45, 2.75) is 0 Å². The normalized spacial score (nSPS) is 14.2. The van der Waals surface area contributed by atoms with Gasteiger partial charge in [0.25, 0.3) is 5.91 Å². The maximum atomic E-state index is 13.6. The second-order valence-corrected chi connectivity index (χ2v) is 11.1. The summed E-state index contributed by atoms with van der Waals surface area (Å²) in [5, 5.41) is 14.5. The second kappa shape index (κ2) is 9.39. The number of benzene rings is 3. The van der Waals surface area contributed by atoms with Gasteiger partial charge >= 0.3 is 0 Å². The molecule has 2 aliphatic heterocycles. The maximum absolute atomic E-state index is 13.6. The summed E-state index contributed by atoms with van der Waals surface area (Å²) in [7, 11) is 0. The summed E-state index contributed by atoms with van der Waals surface area (Å²) in [6.45, 7) is 2.74. The number of hydrogen-bond donors (Lipinski definition) is 2. The third-order valence-electron chi connectivity index (χ3n) is 5.85. The molecular weight excluding hydrogens is 700 g/mol. The van der Waals surface area contributed by atoms with E-state index in [1.165, 1.54) is 0 Å². The van der Waals surface area contributed by atoms with E-state index in [-0.39, 0.29) is 21.6 Å². The SMILES string of the molecule is O=C(c1ccccc1-c1c2cc(Br)c(=O)c(Br)c-2oc2c(Br)c(O)c(Br)cc12)N1CCNCC1. The van der Waals surface area contributed by atoms with Gasteiger partial charge in [0.1, 0.15) is 14.7 Å². The lowest BCUT2D eigenvalue weighted by atomic mass is 9.90. The minimum Gasteiger partial charge on any atom is -0.505 e. The summed E-state index contributed by atoms with van der Waals surface area (Å²) in [6, 6.07) is 10.9. The molecule has 0 radical (unpaired) electrons. The average Bonchev–Trinajstić information content (AvgIpc) is 2.85. The number of phenolic OH excluding ortho intramolecular Hbond substituents is 1. The Morgan fingerprint density at radius 1 is 0.971 bits per heavy atom. The number of fused-ring (bicyclic) bond motifs is 2. The van der Waals surface area contributed by atoms with Crippen LogP contribution in [0.4, 0.5) is 0 Å². The van der Waals surface area contributed by atoms with E-state index in [9.17, 15) is 14.7 Å². The fourth-order valence-electron chi connectivity index (χ4n) is 4.21. The molecule has 0 spiro atoms. The summed E-state index contributed by atoms with van der Waals surface area (Å²) >= 11 is 13.6. The van der Waals surface area contributed by atoms with Crippen molar-refractivity contribution in [1.29, 1.82) is 0 Å². The van der Waals surface area contributed by atoms with E-state index in [2.05, 4.69) is 69.0 Å². The predicted octanol–water partition coefficient (Wildman–Crippen LogP) is 6.37. The first-order valence-electron chi connectivity index (χ1n) is 10.3. The lowest BCUT2D eigenvalue weighted by Gasteiger charge is -2.28. The molecule has 174 valence electrons. The number of halogens is 4. The van der Waals surface area contributed by atoms with Crippen LogP contribution in [-0.2, 0) is 0 Å². The Bertz CT molecular complexity index is 1500. The number of hydrogen-bond acceptors (Lipinski definition) is 5. The number of aromatic hydroxyl groups is 1. The fourth-order valence-corrected chi connectivity index (χ4v) is 6.61. The molecule has 10 heteroatoms. The molecule has 2 aromatic carbocycles. The molecule has 2 aromatic rings. The van der Waals surface area contributed by atoms with Crippen LogP contribution in [0.15, 0.2) is 63.5 Å². The fraction of sp³-hybridized carbons (Fsp3) is 0.167. The minimum absolute atomic E-state index is 0.0256. The first kappa shape index (κ1) is 24.0. The minimum atomic E-state index is -0.260. The van der Waals surface area contributed by atoms with Gasteiger partial charge in [-0.2, -0.15) is 0 Å². The van der Waals surface area contributed by atoms with Crippen LogP contribution in [0.2, 0.25) is 0 Å². The lowest BCUT2D eigenvalue weighted by Crippen LogP contribution is -2.46. The monoisotopic (exact) mass is 712 g/mol. The molecule has 0 atom stereocenters. The first-order chi connectivity index (χ1) is 16.3. The van der Waals surface area contributed by atoms with Crippen LogP contribution in [0.1, 0.15) is 10.4 Å². The van der Waals surface area contributed by atoms with E-state index < -0.39 is 0 Å². The van der Waals surface area contributed by atoms with E-state index in [1.54, 1.807) is 12.1 Å². The Balaban J connectivity index is 1.90. The zero-order valence-electron chi connectivity index (χ0n) is 17.4. The van der Waals surface area contributed by atoms with Gasteiger partial charge in [0.2, 0.25) is 5.43 Å². The van der Waals surface area contributed by atoms with E-state index in [4.69, 9.17) is 4.42 Å². The Labute approximate surface area is 228 Å². The molecule has 2 N–H and O–H groups in total. The summed E-state index contributed by atoms with van der Waals surface area (Å²) in [6.07, 6.45) is 0. The Hall–Kier alpha value is -1.72. The van der Waals surface area contributed by atoms with Crippen molar-refractivity contribution in [2.75, 3.05) is 26.2 Å². The highest BCUT2D eigenvalue weighted by atomic mass is 79.9. The van der Waals surface area contributed by atoms with Crippen LogP contribution in [-0.4, -0.2) is 42.1 Å². The molecule has 0 bridgehead atoms. The summed E-state index contributed by atoms with van der Waals surface area (Å²) in [5.41, 5.74) is 2.73. The smallest absolute Gasteiger partial charge is 0.254 e. The number of nitrogens with zero attached hydrogens (tertiary/aromatic N) is 1. The molecule has 1 fully saturated rings. The van der Waals surface area contributed by atoms with Crippen molar-refractivity contribution in [2.24, 2.45) is 0 Å². The van der Waals surface area contributed by atoms with E-state index in [0.717, 1.165) is 18.7 Å². The van der Waals surface area contributed by atoms with Crippen molar-refractivity contribution >= 4 is 80.6 Å². The van der Waals surface area contributed by atoms with Crippen LogP contribution >= 0.6 is 63.7 Å². The zero-order valence-corrected chi connectivity index (χ0v) is 23.8. The maximum Gasteiger partial charge on any atom is 0.254 e. The number of nitrogens with one attached hydrogen (secondary N) is 1. The Morgan fingerprint density at radius 2 is 1.68 bits per heavy atom. The predicted molar refractivity (Wildman–Crippen MR) is 146 cm³/mol. The largest absolute Gasteiger partial charge is 0.505 e. The second-order valence-electron chi connectivity index (χ2n) is 7.84. The van der Waals surface area contributed by atoms with E-state index in [1.807, 2.05) is 29.2 Å². The number of phenols is 1. The van der Waals surface area contributed by atoms with Gasteiger partial charge in [0, 0.05) is 48.3 Å². The van der Waals surface area contributed by atoms with Crippen molar-refractivity contribution in [3.05, 3.63) is 70.1 Å². The summed E-state index contributed by atoms with van der Waals surface area (Å²) in [5.74, 6) is 0.236. The van der Waals surface area contributed by atoms with Crippen molar-refractivity contribution in [3.63, 3.8) is 0 Å². The first-order valence-corrected chi connectivity index (χ1v) is 13.5. The molecule has 1 amide bonds. The lowest BCUT2D eigenvalue weighted by molar-refractivity contribution is 0.0736. The molecule has 34 heavy (non-hydrogen) atoms. The molecule has 2 heterocycles. The number of carbonyl (C=O) groups is 1. The molecule has 3 aliphatic rings. The van der Waals surface area contributed by atoms with Gasteiger partial charge in [0.05, 0.1) is 8.95 Å². The Morgan fingerprint density at radius 3 is 2.41 bits per heavy atom. The van der Waals surface area contributed by atoms with Gasteiger partial charge in [-0.25, -0.2) is 0 Å². The van der Waals surface area contributed by atoms with Gasteiger partial charge < -0.3 is 19.7 Å². The molecule has 5 rings (SSSR count). The number of piperazine rings is 1. The van der Waals surface area contributed by atoms with Crippen molar-refractivity contribution in [1.82, 2.24) is 10.2 Å². The van der Waals surface area contributed by atoms with Crippen LogP contribution in [0.25, 0.3) is 33.4 Å². The number of amides is 1. The zero-order chi connectivity index (χ0) is 24.1. The third-order valence-corrected chi connectivity index (χ3v) is 8.50. The van der Waals surface area contributed by atoms with Gasteiger partial charge in [0.15, 0.2) is 11.3 Å². The molecule has 0 saturated carbocycles. The molecule has 0 unspecified atom stereocenters. The topological polar surface area (TPSA) is 82.8 Å². The van der Waals surface area contributed by atoms with Crippen molar-refractivity contribution in [3.8, 4) is 28.2 Å². The molecular formula is C24H16Br4N2O4. The highest BCUT2D eigenvalue weighted by Gasteiger charge is 2.28. The van der Waals surface area contributed by atoms with Crippen LogP contribution in [0.5, 0.6) is 5.75 Å². The third kappa shape index (κ3) is 3.93. The van der Waals surface area contributed by atoms with Gasteiger partial charge in [-0.05, 0) is 87.5 Å². The molecule has 0 aromatic heterocycles. The summed E-state index contributed by atoms with van der Waals surface area (Å²) in [4.78, 5) is 28.1. The van der Waals surface area contributed by atoms with Gasteiger partial charge in [-0.15, -0.1) is 0 Å².